The van der Waals surface area contributed by atoms with E-state index in [2.05, 4.69) is 0 Å². The van der Waals surface area contributed by atoms with E-state index >= 15 is 0 Å². The number of hydrogen-bond acceptors (Lipinski definition) is 9. The van der Waals surface area contributed by atoms with Gasteiger partial charge in [-0.1, -0.05) is 6.07 Å². The molecule has 0 bridgehead atoms. The van der Waals surface area contributed by atoms with Gasteiger partial charge in [0.1, 0.15) is 11.5 Å². The first-order valence-electron chi connectivity index (χ1n) is 11.8. The number of Topliss-reactive ketones (excluding diaryl/α,β-unsaturated/α-hetero) is 1. The standard InChI is InChI=1S/C29H26O9/c1-32-19-8-6-16(13-21(19)33-2)18-14-25(30)37-20-9-7-17-27(31)22(38-28(17)26(18)20)10-15-11-23(34-3)29(36-5)24(12-15)35-4/h6-13,18H,14H2,1-5H3. The van der Waals surface area contributed by atoms with Crippen LogP contribution in [0.3, 0.4) is 0 Å². The first-order chi connectivity index (χ1) is 18.4. The van der Waals surface area contributed by atoms with Crippen LogP contribution in [0.25, 0.3) is 6.08 Å². The molecule has 5 rings (SSSR count). The molecule has 2 aliphatic rings. The number of carbonyl (C=O) groups is 2. The van der Waals surface area contributed by atoms with Gasteiger partial charge in [0.05, 0.1) is 47.5 Å². The number of hydrogen-bond donors (Lipinski definition) is 0. The minimum absolute atomic E-state index is 0.0718. The fraction of sp³-hybridized carbons (Fsp3) is 0.241. The Morgan fingerprint density at radius 2 is 1.45 bits per heavy atom. The summed E-state index contributed by atoms with van der Waals surface area (Å²) < 4.78 is 38.8. The number of esters is 1. The average molecular weight is 519 g/mol. The van der Waals surface area contributed by atoms with Crippen LogP contribution in [0.5, 0.6) is 40.2 Å². The molecule has 0 saturated heterocycles. The fourth-order valence-corrected chi connectivity index (χ4v) is 4.80. The van der Waals surface area contributed by atoms with Crippen LogP contribution in [0.4, 0.5) is 0 Å². The quantitative estimate of drug-likeness (QED) is 0.248. The number of ketones is 1. The van der Waals surface area contributed by atoms with E-state index in [9.17, 15) is 9.59 Å². The zero-order valence-electron chi connectivity index (χ0n) is 21.6. The number of benzene rings is 3. The van der Waals surface area contributed by atoms with Crippen LogP contribution in [0.2, 0.25) is 0 Å². The molecule has 0 spiro atoms. The monoisotopic (exact) mass is 518 g/mol. The molecule has 2 aliphatic heterocycles. The summed E-state index contributed by atoms with van der Waals surface area (Å²) in [5, 5.41) is 0. The van der Waals surface area contributed by atoms with Crippen molar-refractivity contribution in [3.8, 4) is 40.2 Å². The zero-order valence-corrected chi connectivity index (χ0v) is 21.6. The summed E-state index contributed by atoms with van der Waals surface area (Å²) in [4.78, 5) is 25.9. The van der Waals surface area contributed by atoms with Gasteiger partial charge in [0.15, 0.2) is 28.8 Å². The lowest BCUT2D eigenvalue weighted by Crippen LogP contribution is -2.21. The molecule has 0 aromatic heterocycles. The molecule has 3 aromatic rings. The lowest BCUT2D eigenvalue weighted by molar-refractivity contribution is -0.135. The smallest absolute Gasteiger partial charge is 0.312 e. The van der Waals surface area contributed by atoms with Crippen molar-refractivity contribution in [3.63, 3.8) is 0 Å². The van der Waals surface area contributed by atoms with Crippen LogP contribution in [0, 0.1) is 0 Å². The van der Waals surface area contributed by atoms with E-state index in [0.717, 1.165) is 5.56 Å². The molecule has 0 saturated carbocycles. The van der Waals surface area contributed by atoms with Gasteiger partial charge in [-0.3, -0.25) is 9.59 Å². The number of rotatable bonds is 7. The number of methoxy groups -OCH3 is 5. The van der Waals surface area contributed by atoms with Crippen molar-refractivity contribution in [3.05, 3.63) is 70.5 Å². The van der Waals surface area contributed by atoms with Gasteiger partial charge in [0.25, 0.3) is 0 Å². The molecule has 196 valence electrons. The summed E-state index contributed by atoms with van der Waals surface area (Å²) in [5.74, 6) is 2.15. The Bertz CT molecular complexity index is 1450. The molecule has 0 aliphatic carbocycles. The van der Waals surface area contributed by atoms with E-state index in [1.54, 1.807) is 50.6 Å². The van der Waals surface area contributed by atoms with Gasteiger partial charge < -0.3 is 33.2 Å². The van der Waals surface area contributed by atoms with Crippen molar-refractivity contribution in [2.45, 2.75) is 12.3 Å². The summed E-state index contributed by atoms with van der Waals surface area (Å²) in [7, 11) is 7.65. The van der Waals surface area contributed by atoms with Crippen LogP contribution in [0.15, 0.2) is 48.2 Å². The summed E-state index contributed by atoms with van der Waals surface area (Å²) in [6.45, 7) is 0. The maximum atomic E-state index is 13.4. The molecule has 2 heterocycles. The van der Waals surface area contributed by atoms with E-state index in [1.807, 2.05) is 12.1 Å². The first-order valence-corrected chi connectivity index (χ1v) is 11.8. The van der Waals surface area contributed by atoms with E-state index in [1.165, 1.54) is 21.3 Å². The average Bonchev–Trinajstić information content (AvgIpc) is 3.25. The first kappa shape index (κ1) is 25.0. The Morgan fingerprint density at radius 1 is 0.763 bits per heavy atom. The minimum atomic E-state index is -0.422. The number of fused-ring (bicyclic) bond motifs is 3. The molecule has 0 fully saturated rings. The van der Waals surface area contributed by atoms with E-state index in [0.29, 0.717) is 56.9 Å². The Hall–Kier alpha value is -4.66. The van der Waals surface area contributed by atoms with E-state index < -0.39 is 5.92 Å². The maximum absolute atomic E-state index is 13.4. The molecule has 1 unspecified atom stereocenters. The van der Waals surface area contributed by atoms with Crippen LogP contribution < -0.4 is 33.2 Å². The van der Waals surface area contributed by atoms with Gasteiger partial charge in [0.2, 0.25) is 11.5 Å². The van der Waals surface area contributed by atoms with Crippen LogP contribution >= 0.6 is 0 Å². The third kappa shape index (κ3) is 4.15. The number of carbonyl (C=O) groups excluding carboxylic acids is 2. The molecule has 0 amide bonds. The lowest BCUT2D eigenvalue weighted by Gasteiger charge is -2.26. The van der Waals surface area contributed by atoms with Crippen molar-refractivity contribution in [2.75, 3.05) is 35.5 Å². The summed E-state index contributed by atoms with van der Waals surface area (Å²) in [6.07, 6.45) is 1.68. The molecule has 9 nitrogen and oxygen atoms in total. The summed E-state index contributed by atoms with van der Waals surface area (Å²) in [5.41, 5.74) is 2.42. The van der Waals surface area contributed by atoms with Crippen LogP contribution in [-0.2, 0) is 4.79 Å². The fourth-order valence-electron chi connectivity index (χ4n) is 4.80. The lowest BCUT2D eigenvalue weighted by atomic mass is 9.84. The minimum Gasteiger partial charge on any atom is -0.493 e. The molecular weight excluding hydrogens is 492 g/mol. The molecular formula is C29H26O9. The molecule has 0 N–H and O–H groups in total. The number of allylic oxidation sites excluding steroid dienone is 1. The molecule has 3 aromatic carbocycles. The third-order valence-corrected chi connectivity index (χ3v) is 6.57. The highest BCUT2D eigenvalue weighted by atomic mass is 16.5. The van der Waals surface area contributed by atoms with E-state index in [4.69, 9.17) is 33.2 Å². The van der Waals surface area contributed by atoms with Crippen molar-refractivity contribution in [2.24, 2.45) is 0 Å². The van der Waals surface area contributed by atoms with E-state index in [-0.39, 0.29) is 23.9 Å². The second-order valence-electron chi connectivity index (χ2n) is 8.60. The summed E-state index contributed by atoms with van der Waals surface area (Å²) in [6, 6.07) is 12.1. The highest BCUT2D eigenvalue weighted by Crippen LogP contribution is 2.50. The molecule has 38 heavy (non-hydrogen) atoms. The van der Waals surface area contributed by atoms with Gasteiger partial charge >= 0.3 is 5.97 Å². The topological polar surface area (TPSA) is 98.8 Å². The molecule has 1 atom stereocenters. The third-order valence-electron chi connectivity index (χ3n) is 6.57. The van der Waals surface area contributed by atoms with Crippen LogP contribution in [0.1, 0.15) is 39.4 Å². The van der Waals surface area contributed by atoms with Crippen molar-refractivity contribution in [1.29, 1.82) is 0 Å². The Morgan fingerprint density at radius 3 is 2.08 bits per heavy atom. The SMILES string of the molecule is COc1ccc(C2CC(=O)Oc3ccc4c(c32)OC(=Cc2cc(OC)c(OC)c(OC)c2)C4=O)cc1OC. The van der Waals surface area contributed by atoms with Gasteiger partial charge in [0, 0.05) is 11.5 Å². The molecule has 0 radical (unpaired) electrons. The predicted molar refractivity (Wildman–Crippen MR) is 137 cm³/mol. The van der Waals surface area contributed by atoms with Crippen molar-refractivity contribution < 1.29 is 42.7 Å². The summed E-state index contributed by atoms with van der Waals surface area (Å²) >= 11 is 0. The Labute approximate surface area is 219 Å². The highest BCUT2D eigenvalue weighted by Gasteiger charge is 2.38. The predicted octanol–water partition coefficient (Wildman–Crippen LogP) is 4.79. The van der Waals surface area contributed by atoms with Crippen LogP contribution in [-0.4, -0.2) is 47.3 Å². The van der Waals surface area contributed by atoms with Gasteiger partial charge in [-0.25, -0.2) is 0 Å². The van der Waals surface area contributed by atoms with Crippen molar-refractivity contribution >= 4 is 17.8 Å². The normalized spacial score (nSPS) is 16.8. The maximum Gasteiger partial charge on any atom is 0.312 e. The highest BCUT2D eigenvalue weighted by molar-refractivity contribution is 6.15. The van der Waals surface area contributed by atoms with Gasteiger partial charge in [-0.2, -0.15) is 0 Å². The Balaban J connectivity index is 1.59. The van der Waals surface area contributed by atoms with Crippen molar-refractivity contribution in [1.82, 2.24) is 0 Å². The second kappa shape index (κ2) is 10.0. The van der Waals surface area contributed by atoms with Gasteiger partial charge in [-0.15, -0.1) is 0 Å². The number of ether oxygens (including phenoxy) is 7. The molecule has 9 heteroatoms. The largest absolute Gasteiger partial charge is 0.493 e. The van der Waals surface area contributed by atoms with Gasteiger partial charge in [-0.05, 0) is 53.6 Å². The second-order valence-corrected chi connectivity index (χ2v) is 8.60. The zero-order chi connectivity index (χ0) is 27.0. The Kier molecular flexibility index (Phi) is 6.59.